The third-order valence-electron chi connectivity index (χ3n) is 4.40. The zero-order valence-electron chi connectivity index (χ0n) is 16.9. The van der Waals surface area contributed by atoms with Crippen LogP contribution in [0.15, 0.2) is 46.9 Å². The molecule has 0 heterocycles. The summed E-state index contributed by atoms with van der Waals surface area (Å²) in [5, 5.41) is 3.26. The molecule has 0 bridgehead atoms. The van der Waals surface area contributed by atoms with Crippen molar-refractivity contribution in [1.82, 2.24) is 10.2 Å². The van der Waals surface area contributed by atoms with Crippen LogP contribution in [0.4, 0.5) is 0 Å². The number of hydrogen-bond acceptors (Lipinski definition) is 3. The van der Waals surface area contributed by atoms with E-state index in [1.165, 1.54) is 4.90 Å². The summed E-state index contributed by atoms with van der Waals surface area (Å²) in [6, 6.07) is 12.4. The molecule has 0 aromatic heterocycles. The van der Waals surface area contributed by atoms with Crippen LogP contribution in [0, 0.1) is 6.92 Å². The highest BCUT2D eigenvalue weighted by molar-refractivity contribution is 9.10. The van der Waals surface area contributed by atoms with Crippen molar-refractivity contribution in [3.05, 3.63) is 63.1 Å². The van der Waals surface area contributed by atoms with E-state index in [1.54, 1.807) is 25.1 Å². The zero-order valence-corrected chi connectivity index (χ0v) is 19.2. The van der Waals surface area contributed by atoms with Crippen molar-refractivity contribution >= 4 is 39.3 Å². The Morgan fingerprint density at radius 1 is 1.24 bits per heavy atom. The van der Waals surface area contributed by atoms with E-state index in [0.29, 0.717) is 23.9 Å². The van der Waals surface area contributed by atoms with Gasteiger partial charge in [-0.3, -0.25) is 9.59 Å². The van der Waals surface area contributed by atoms with Gasteiger partial charge in [-0.25, -0.2) is 0 Å². The molecule has 5 nitrogen and oxygen atoms in total. The summed E-state index contributed by atoms with van der Waals surface area (Å²) in [5.41, 5.74) is 2.05. The lowest BCUT2D eigenvalue weighted by atomic mass is 10.1. The van der Waals surface area contributed by atoms with Crippen molar-refractivity contribution in [3.8, 4) is 5.75 Å². The maximum atomic E-state index is 13.0. The lowest BCUT2D eigenvalue weighted by molar-refractivity contribution is -0.142. The lowest BCUT2D eigenvalue weighted by Gasteiger charge is -2.29. The van der Waals surface area contributed by atoms with Crippen molar-refractivity contribution in [1.29, 1.82) is 0 Å². The Morgan fingerprint density at radius 2 is 2.00 bits per heavy atom. The molecule has 0 radical (unpaired) electrons. The third kappa shape index (κ3) is 7.05. The number of rotatable bonds is 9. The van der Waals surface area contributed by atoms with Crippen molar-refractivity contribution in [2.75, 3.05) is 13.2 Å². The highest BCUT2D eigenvalue weighted by Crippen LogP contribution is 2.27. The van der Waals surface area contributed by atoms with E-state index in [9.17, 15) is 9.59 Å². The summed E-state index contributed by atoms with van der Waals surface area (Å²) in [7, 11) is 0. The number of nitrogens with one attached hydrogen (secondary N) is 1. The van der Waals surface area contributed by atoms with Gasteiger partial charge in [0.05, 0.1) is 5.02 Å². The number of aryl methyl sites for hydroxylation is 1. The second kappa shape index (κ2) is 11.2. The van der Waals surface area contributed by atoms with Crippen LogP contribution in [0.25, 0.3) is 0 Å². The molecule has 0 fully saturated rings. The zero-order chi connectivity index (χ0) is 21.4. The Balaban J connectivity index is 2.15. The number of halogens is 2. The smallest absolute Gasteiger partial charge is 0.261 e. The number of nitrogens with zero attached hydrogens (tertiary/aromatic N) is 1. The first-order valence-corrected chi connectivity index (χ1v) is 10.7. The van der Waals surface area contributed by atoms with Crippen molar-refractivity contribution in [3.63, 3.8) is 0 Å². The molecule has 29 heavy (non-hydrogen) atoms. The average molecular weight is 482 g/mol. The first-order valence-electron chi connectivity index (χ1n) is 9.52. The molecule has 1 unspecified atom stereocenters. The largest absolute Gasteiger partial charge is 0.482 e. The molecular formula is C22H26BrClN2O3. The van der Waals surface area contributed by atoms with Gasteiger partial charge in [-0.05, 0) is 44.0 Å². The first-order chi connectivity index (χ1) is 13.8. The molecular weight excluding hydrogens is 456 g/mol. The number of ether oxygens (including phenoxy) is 1. The van der Waals surface area contributed by atoms with Crippen LogP contribution in [0.5, 0.6) is 5.75 Å². The highest BCUT2D eigenvalue weighted by Gasteiger charge is 2.26. The van der Waals surface area contributed by atoms with E-state index in [2.05, 4.69) is 21.2 Å². The molecule has 0 aliphatic rings. The Morgan fingerprint density at radius 3 is 2.66 bits per heavy atom. The van der Waals surface area contributed by atoms with Crippen LogP contribution >= 0.6 is 27.5 Å². The SMILES string of the molecule is CCCNC(=O)C(C)N(Cc1cccc(C)c1)C(=O)COc1ccc(Br)cc1Cl. The first kappa shape index (κ1) is 23.2. The number of carbonyl (C=O) groups is 2. The van der Waals surface area contributed by atoms with Crippen LogP contribution in [0.1, 0.15) is 31.4 Å². The average Bonchev–Trinajstić information content (AvgIpc) is 2.69. The van der Waals surface area contributed by atoms with Crippen LogP contribution < -0.4 is 10.1 Å². The predicted molar refractivity (Wildman–Crippen MR) is 119 cm³/mol. The molecule has 0 aliphatic heterocycles. The van der Waals surface area contributed by atoms with Crippen molar-refractivity contribution in [2.45, 2.75) is 39.8 Å². The van der Waals surface area contributed by atoms with Crippen LogP contribution in [-0.4, -0.2) is 35.9 Å². The predicted octanol–water partition coefficient (Wildman–Crippen LogP) is 4.73. The van der Waals surface area contributed by atoms with E-state index in [4.69, 9.17) is 16.3 Å². The minimum Gasteiger partial charge on any atom is -0.482 e. The maximum Gasteiger partial charge on any atom is 0.261 e. The number of carbonyl (C=O) groups excluding carboxylic acids is 2. The molecule has 2 amide bonds. The Bertz CT molecular complexity index is 860. The quantitative estimate of drug-likeness (QED) is 0.563. The molecule has 2 aromatic carbocycles. The number of amides is 2. The Kier molecular flexibility index (Phi) is 8.99. The van der Waals surface area contributed by atoms with Gasteiger partial charge in [0.1, 0.15) is 11.8 Å². The summed E-state index contributed by atoms with van der Waals surface area (Å²) in [6.07, 6.45) is 0.829. The molecule has 0 aliphatic carbocycles. The van der Waals surface area contributed by atoms with E-state index in [1.807, 2.05) is 38.1 Å². The van der Waals surface area contributed by atoms with Crippen LogP contribution in [-0.2, 0) is 16.1 Å². The maximum absolute atomic E-state index is 13.0. The fourth-order valence-electron chi connectivity index (χ4n) is 2.80. The molecule has 0 saturated heterocycles. The third-order valence-corrected chi connectivity index (χ3v) is 5.19. The molecule has 2 aromatic rings. The molecule has 2 rings (SSSR count). The van der Waals surface area contributed by atoms with Gasteiger partial charge in [-0.2, -0.15) is 0 Å². The van der Waals surface area contributed by atoms with Gasteiger partial charge in [0, 0.05) is 17.6 Å². The summed E-state index contributed by atoms with van der Waals surface area (Å²) in [6.45, 7) is 6.38. The standard InChI is InChI=1S/C22H26BrClN2O3/c1-4-10-25-22(28)16(3)26(13-17-7-5-6-15(2)11-17)21(27)14-29-20-9-8-18(23)12-19(20)24/h5-9,11-12,16H,4,10,13-14H2,1-3H3,(H,25,28). The molecule has 1 atom stereocenters. The van der Waals surface area contributed by atoms with E-state index in [0.717, 1.165) is 22.0 Å². The van der Waals surface area contributed by atoms with Crippen LogP contribution in [0.2, 0.25) is 5.02 Å². The summed E-state index contributed by atoms with van der Waals surface area (Å²) < 4.78 is 6.45. The fraction of sp³-hybridized carbons (Fsp3) is 0.364. The topological polar surface area (TPSA) is 58.6 Å². The van der Waals surface area contributed by atoms with Crippen LogP contribution in [0.3, 0.4) is 0 Å². The summed E-state index contributed by atoms with van der Waals surface area (Å²) in [5.74, 6) is -0.0547. The molecule has 1 N–H and O–H groups in total. The van der Waals surface area contributed by atoms with E-state index >= 15 is 0 Å². The molecule has 7 heteroatoms. The Hall–Kier alpha value is -2.05. The summed E-state index contributed by atoms with van der Waals surface area (Å²) in [4.78, 5) is 27.0. The van der Waals surface area contributed by atoms with Gasteiger partial charge in [0.15, 0.2) is 6.61 Å². The number of benzene rings is 2. The van der Waals surface area contributed by atoms with Gasteiger partial charge in [-0.1, -0.05) is 64.3 Å². The van der Waals surface area contributed by atoms with Crippen molar-refractivity contribution < 1.29 is 14.3 Å². The second-order valence-corrected chi connectivity index (χ2v) is 8.16. The van der Waals surface area contributed by atoms with Gasteiger partial charge in [0.25, 0.3) is 5.91 Å². The lowest BCUT2D eigenvalue weighted by Crippen LogP contribution is -2.49. The highest BCUT2D eigenvalue weighted by atomic mass is 79.9. The second-order valence-electron chi connectivity index (χ2n) is 6.84. The monoisotopic (exact) mass is 480 g/mol. The molecule has 0 spiro atoms. The Labute approximate surface area is 185 Å². The minimum atomic E-state index is -0.626. The van der Waals surface area contributed by atoms with E-state index in [-0.39, 0.29) is 18.4 Å². The van der Waals surface area contributed by atoms with Gasteiger partial charge >= 0.3 is 0 Å². The van der Waals surface area contributed by atoms with Gasteiger partial charge in [-0.15, -0.1) is 0 Å². The molecule has 0 saturated carbocycles. The molecule has 156 valence electrons. The van der Waals surface area contributed by atoms with Gasteiger partial charge in [0.2, 0.25) is 5.91 Å². The fourth-order valence-corrected chi connectivity index (χ4v) is 3.53. The van der Waals surface area contributed by atoms with Crippen molar-refractivity contribution in [2.24, 2.45) is 0 Å². The van der Waals surface area contributed by atoms with Gasteiger partial charge < -0.3 is 15.0 Å². The number of hydrogen-bond donors (Lipinski definition) is 1. The van der Waals surface area contributed by atoms with E-state index < -0.39 is 6.04 Å². The minimum absolute atomic E-state index is 0.186. The summed E-state index contributed by atoms with van der Waals surface area (Å²) >= 11 is 9.50. The normalized spacial score (nSPS) is 11.6.